The molecule has 1 aromatic carbocycles. The van der Waals surface area contributed by atoms with Crippen LogP contribution in [0.1, 0.15) is 10.4 Å². The minimum atomic E-state index is -4.39. The third kappa shape index (κ3) is 10.1. The average molecular weight is 579 g/mol. The molecule has 0 saturated heterocycles. The van der Waals surface area contributed by atoms with Crippen molar-refractivity contribution < 1.29 is 45.7 Å². The average Bonchev–Trinajstić information content (AvgIpc) is 2.71. The van der Waals surface area contributed by atoms with Crippen LogP contribution in [0, 0.1) is 20.2 Å². The molecule has 0 aromatic heterocycles. The van der Waals surface area contributed by atoms with E-state index in [-0.39, 0.29) is 24.2 Å². The highest BCUT2D eigenvalue weighted by Crippen LogP contribution is 2.42. The van der Waals surface area contributed by atoms with Crippen molar-refractivity contribution in [3.8, 4) is 0 Å². The first-order valence-corrected chi connectivity index (χ1v) is 13.2. The number of nitro groups is 2. The summed E-state index contributed by atoms with van der Waals surface area (Å²) in [7, 11) is -8.15. The van der Waals surface area contributed by atoms with Gasteiger partial charge in [0.25, 0.3) is 21.7 Å². The highest BCUT2D eigenvalue weighted by molar-refractivity contribution is 9.09. The molecule has 1 atom stereocenters. The van der Waals surface area contributed by atoms with Gasteiger partial charge in [0.2, 0.25) is 0 Å². The number of benzene rings is 1. The van der Waals surface area contributed by atoms with Crippen molar-refractivity contribution in [2.75, 3.05) is 49.8 Å². The molecule has 1 amide bonds. The van der Waals surface area contributed by atoms with Crippen molar-refractivity contribution in [2.45, 2.75) is 0 Å². The molecule has 1 rings (SSSR count). The van der Waals surface area contributed by atoms with Crippen LogP contribution < -0.4 is 10.6 Å². The van der Waals surface area contributed by atoms with Crippen LogP contribution in [-0.2, 0) is 27.9 Å². The van der Waals surface area contributed by atoms with Crippen molar-refractivity contribution in [1.82, 2.24) is 5.32 Å². The van der Waals surface area contributed by atoms with Crippen molar-refractivity contribution in [2.24, 2.45) is 0 Å². The molecule has 0 aliphatic rings. The van der Waals surface area contributed by atoms with Gasteiger partial charge < -0.3 is 15.5 Å². The first kappa shape index (κ1) is 28.8. The summed E-state index contributed by atoms with van der Waals surface area (Å²) in [6.07, 6.45) is 0.803. The standard InChI is InChI=1S/C14H20BrN4O12PS/c1-33(27,28)31-9-6-16-10-2-3-11(18(21)22)12(13(10)19(23)24)14(20)17-5-8-30-32(25,26)29-7-4-15/h2-3,16H,4-9H2,1H3,(H,17,20)(H,25,26). The molecule has 19 heteroatoms. The van der Waals surface area contributed by atoms with Crippen molar-refractivity contribution in [3.05, 3.63) is 37.9 Å². The van der Waals surface area contributed by atoms with E-state index >= 15 is 0 Å². The quantitative estimate of drug-likeness (QED) is 0.0663. The van der Waals surface area contributed by atoms with E-state index in [1.54, 1.807) is 0 Å². The van der Waals surface area contributed by atoms with Crippen LogP contribution in [-0.4, -0.2) is 73.6 Å². The molecule has 3 N–H and O–H groups in total. The number of nitro benzene ring substituents is 2. The predicted molar refractivity (Wildman–Crippen MR) is 117 cm³/mol. The van der Waals surface area contributed by atoms with E-state index in [9.17, 15) is 42.9 Å². The Morgan fingerprint density at radius 2 is 1.79 bits per heavy atom. The van der Waals surface area contributed by atoms with Crippen LogP contribution in [0.2, 0.25) is 0 Å². The molecular weight excluding hydrogens is 559 g/mol. The van der Waals surface area contributed by atoms with Crippen LogP contribution in [0.25, 0.3) is 0 Å². The maximum Gasteiger partial charge on any atom is 0.472 e. The lowest BCUT2D eigenvalue weighted by molar-refractivity contribution is -0.394. The number of nitrogens with one attached hydrogen (secondary N) is 2. The lowest BCUT2D eigenvalue weighted by Crippen LogP contribution is -2.28. The van der Waals surface area contributed by atoms with Gasteiger partial charge >= 0.3 is 13.5 Å². The van der Waals surface area contributed by atoms with E-state index in [0.29, 0.717) is 0 Å². The van der Waals surface area contributed by atoms with E-state index in [1.807, 2.05) is 0 Å². The van der Waals surface area contributed by atoms with Gasteiger partial charge in [-0.1, -0.05) is 15.9 Å². The monoisotopic (exact) mass is 578 g/mol. The number of phosphoric acid groups is 1. The molecule has 0 heterocycles. The number of rotatable bonds is 15. The Balaban J connectivity index is 3.03. The fourth-order valence-electron chi connectivity index (χ4n) is 2.27. The SMILES string of the molecule is CS(=O)(=O)OCCNc1ccc([N+](=O)[O-])c(C(=O)NCCOP(=O)(O)OCCBr)c1[N+](=O)[O-]. The summed E-state index contributed by atoms with van der Waals surface area (Å²) in [5.74, 6) is -1.22. The van der Waals surface area contributed by atoms with E-state index in [4.69, 9.17) is 0 Å². The summed E-state index contributed by atoms with van der Waals surface area (Å²) < 4.78 is 47.1. The highest BCUT2D eigenvalue weighted by atomic mass is 79.9. The third-order valence-electron chi connectivity index (χ3n) is 3.45. The van der Waals surface area contributed by atoms with Crippen LogP contribution >= 0.6 is 23.8 Å². The van der Waals surface area contributed by atoms with Crippen LogP contribution in [0.15, 0.2) is 12.1 Å². The number of anilines is 1. The Morgan fingerprint density at radius 1 is 1.15 bits per heavy atom. The fraction of sp³-hybridized carbons (Fsp3) is 0.500. The lowest BCUT2D eigenvalue weighted by Gasteiger charge is -2.13. The van der Waals surface area contributed by atoms with Crippen molar-refractivity contribution in [3.63, 3.8) is 0 Å². The zero-order valence-electron chi connectivity index (χ0n) is 17.0. The van der Waals surface area contributed by atoms with Gasteiger partial charge in [0.1, 0.15) is 5.69 Å². The maximum absolute atomic E-state index is 12.5. The van der Waals surface area contributed by atoms with Crippen molar-refractivity contribution in [1.29, 1.82) is 0 Å². The summed E-state index contributed by atoms with van der Waals surface area (Å²) >= 11 is 2.98. The summed E-state index contributed by atoms with van der Waals surface area (Å²) in [6.45, 7) is -1.74. The molecule has 1 unspecified atom stereocenters. The number of hydrogen-bond donors (Lipinski definition) is 3. The first-order valence-electron chi connectivity index (χ1n) is 8.79. The molecule has 33 heavy (non-hydrogen) atoms. The summed E-state index contributed by atoms with van der Waals surface area (Å²) in [5.41, 5.74) is -2.99. The number of nitrogens with zero attached hydrogens (tertiary/aromatic N) is 2. The molecule has 0 bridgehead atoms. The summed E-state index contributed by atoms with van der Waals surface area (Å²) in [4.78, 5) is 42.8. The van der Waals surface area contributed by atoms with Crippen LogP contribution in [0.4, 0.5) is 17.1 Å². The molecule has 1 aromatic rings. The Morgan fingerprint density at radius 3 is 2.33 bits per heavy atom. The van der Waals surface area contributed by atoms with Crippen LogP contribution in [0.5, 0.6) is 0 Å². The van der Waals surface area contributed by atoms with Gasteiger partial charge in [-0.3, -0.25) is 38.3 Å². The Hall–Kier alpha value is -2.21. The highest BCUT2D eigenvalue weighted by Gasteiger charge is 2.34. The molecule has 16 nitrogen and oxygen atoms in total. The smallest absolute Gasteiger partial charge is 0.377 e. The molecule has 0 saturated carbocycles. The van der Waals surface area contributed by atoms with Crippen LogP contribution in [0.3, 0.4) is 0 Å². The van der Waals surface area contributed by atoms with Crippen molar-refractivity contribution >= 4 is 56.8 Å². The Kier molecular flexibility index (Phi) is 11.2. The Labute approximate surface area is 195 Å². The Bertz CT molecular complexity index is 1040. The normalized spacial score (nSPS) is 13.2. The minimum Gasteiger partial charge on any atom is -0.377 e. The van der Waals surface area contributed by atoms with E-state index in [2.05, 4.69) is 39.8 Å². The number of amides is 1. The molecule has 0 spiro atoms. The molecule has 186 valence electrons. The van der Waals surface area contributed by atoms with Gasteiger partial charge in [-0.15, -0.1) is 0 Å². The zero-order valence-corrected chi connectivity index (χ0v) is 20.3. The van der Waals surface area contributed by atoms with Gasteiger partial charge in [-0.25, -0.2) is 4.57 Å². The van der Waals surface area contributed by atoms with Gasteiger partial charge in [0.05, 0.1) is 35.9 Å². The molecule has 0 fully saturated rings. The molecule has 0 radical (unpaired) electrons. The lowest BCUT2D eigenvalue weighted by atomic mass is 10.1. The third-order valence-corrected chi connectivity index (χ3v) is 5.39. The van der Waals surface area contributed by atoms with Gasteiger partial charge in [0, 0.05) is 24.5 Å². The summed E-state index contributed by atoms with van der Waals surface area (Å²) in [5, 5.41) is 27.8. The van der Waals surface area contributed by atoms with E-state index in [0.717, 1.165) is 18.4 Å². The first-order chi connectivity index (χ1) is 15.3. The van der Waals surface area contributed by atoms with Gasteiger partial charge in [-0.2, -0.15) is 8.42 Å². The van der Waals surface area contributed by atoms with Gasteiger partial charge in [0.15, 0.2) is 5.56 Å². The maximum atomic E-state index is 12.5. The molecule has 0 aliphatic heterocycles. The summed E-state index contributed by atoms with van der Waals surface area (Å²) in [6, 6.07) is 1.84. The second-order valence-corrected chi connectivity index (χ2v) is 9.79. The second kappa shape index (κ2) is 12.9. The fourth-order valence-corrected chi connectivity index (χ4v) is 3.79. The van der Waals surface area contributed by atoms with E-state index < -0.39 is 70.4 Å². The number of hydrogen-bond acceptors (Lipinski definition) is 12. The predicted octanol–water partition coefficient (Wildman–Crippen LogP) is 1.15. The minimum absolute atomic E-state index is 0.131. The number of phosphoric ester groups is 1. The van der Waals surface area contributed by atoms with Gasteiger partial charge in [-0.05, 0) is 6.07 Å². The number of carbonyl (C=O) groups is 1. The number of alkyl halides is 1. The number of carbonyl (C=O) groups excluding carboxylic acids is 1. The molecule has 0 aliphatic carbocycles. The number of halogens is 1. The topological polar surface area (TPSA) is 227 Å². The zero-order chi connectivity index (χ0) is 25.2. The largest absolute Gasteiger partial charge is 0.472 e. The molecular formula is C14H20BrN4O12PS. The van der Waals surface area contributed by atoms with E-state index in [1.165, 1.54) is 0 Å². The second-order valence-electron chi connectivity index (χ2n) is 5.90.